The van der Waals surface area contributed by atoms with Crippen LogP contribution < -0.4 is 16.0 Å². The molecule has 130 valence electrons. The van der Waals surface area contributed by atoms with Gasteiger partial charge in [-0.05, 0) is 51.0 Å². The number of urea groups is 1. The van der Waals surface area contributed by atoms with Gasteiger partial charge in [-0.2, -0.15) is 0 Å². The van der Waals surface area contributed by atoms with Gasteiger partial charge in [0.15, 0.2) is 0 Å². The van der Waals surface area contributed by atoms with E-state index >= 15 is 0 Å². The zero-order valence-electron chi connectivity index (χ0n) is 13.4. The third-order valence-electron chi connectivity index (χ3n) is 3.14. The monoisotopic (exact) mass is 369 g/mol. The Kier molecular flexibility index (Phi) is 9.59. The van der Waals surface area contributed by atoms with Crippen LogP contribution in [0.15, 0.2) is 18.2 Å². The number of aryl methyl sites for hydroxylation is 2. The molecule has 3 amide bonds. The molecule has 23 heavy (non-hydrogen) atoms. The van der Waals surface area contributed by atoms with Crippen molar-refractivity contribution in [2.24, 2.45) is 0 Å². The Labute approximate surface area is 147 Å². The number of hydrogen-bond donors (Lipinski definition) is 4. The van der Waals surface area contributed by atoms with Crippen molar-refractivity contribution >= 4 is 25.1 Å². The molecular formula is C14H21BCuN3O4. The predicted octanol–water partition coefficient (Wildman–Crippen LogP) is 1.38. The quantitative estimate of drug-likeness (QED) is 0.346. The van der Waals surface area contributed by atoms with Gasteiger partial charge >= 0.3 is 13.5 Å². The Morgan fingerprint density at radius 3 is 2.39 bits per heavy atom. The van der Waals surface area contributed by atoms with Crippen molar-refractivity contribution in [1.29, 1.82) is 0 Å². The van der Waals surface area contributed by atoms with Crippen LogP contribution in [0.3, 0.4) is 0 Å². The Balaban J connectivity index is 0.00000484. The van der Waals surface area contributed by atoms with Crippen molar-refractivity contribution in [3.8, 4) is 0 Å². The maximum atomic E-state index is 11.9. The molecule has 1 aromatic rings. The minimum absolute atomic E-state index is 0. The fourth-order valence-corrected chi connectivity index (χ4v) is 1.72. The topological polar surface area (TPSA) is 99.7 Å². The molecule has 0 aromatic heterocycles. The van der Waals surface area contributed by atoms with Crippen molar-refractivity contribution < 1.29 is 36.7 Å². The predicted molar refractivity (Wildman–Crippen MR) is 84.6 cm³/mol. The maximum absolute atomic E-state index is 11.9. The average molecular weight is 370 g/mol. The average Bonchev–Trinajstić information content (AvgIpc) is 2.42. The molecule has 2 atom stereocenters. The van der Waals surface area contributed by atoms with E-state index in [1.54, 1.807) is 19.9 Å². The van der Waals surface area contributed by atoms with Crippen LogP contribution in [0.4, 0.5) is 10.5 Å². The van der Waals surface area contributed by atoms with Crippen LogP contribution in [0.1, 0.15) is 25.0 Å². The van der Waals surface area contributed by atoms with Crippen molar-refractivity contribution in [3.63, 3.8) is 0 Å². The summed E-state index contributed by atoms with van der Waals surface area (Å²) in [6, 6.07) is 4.35. The third kappa shape index (κ3) is 7.52. The number of nitrogens with one attached hydrogen (secondary N) is 3. The van der Waals surface area contributed by atoms with E-state index in [-0.39, 0.29) is 17.1 Å². The van der Waals surface area contributed by atoms with Crippen molar-refractivity contribution in [2.45, 2.75) is 39.7 Å². The van der Waals surface area contributed by atoms with Crippen molar-refractivity contribution in [1.82, 2.24) is 10.6 Å². The van der Waals surface area contributed by atoms with Gasteiger partial charge in [0.1, 0.15) is 6.04 Å². The maximum Gasteiger partial charge on any atom is 0.367 e. The summed E-state index contributed by atoms with van der Waals surface area (Å²) in [5.41, 5.74) is 2.86. The van der Waals surface area contributed by atoms with Crippen LogP contribution in [0.25, 0.3) is 0 Å². The molecule has 1 aromatic carbocycles. The summed E-state index contributed by atoms with van der Waals surface area (Å²) in [4.78, 5) is 27.5. The number of carbonyl (C=O) groups excluding carboxylic acids is 2. The molecule has 0 saturated carbocycles. The van der Waals surface area contributed by atoms with E-state index in [0.717, 1.165) is 18.6 Å². The van der Waals surface area contributed by atoms with Crippen LogP contribution in [-0.4, -0.2) is 36.7 Å². The molecule has 0 aliphatic carbocycles. The summed E-state index contributed by atoms with van der Waals surface area (Å²) in [7, 11) is 1.06. The van der Waals surface area contributed by atoms with Crippen LogP contribution in [0.2, 0.25) is 0 Å². The molecule has 9 heteroatoms. The van der Waals surface area contributed by atoms with Gasteiger partial charge in [-0.25, -0.2) is 4.79 Å². The van der Waals surface area contributed by atoms with Gasteiger partial charge in [0.2, 0.25) is 5.91 Å². The second-order valence-electron chi connectivity index (χ2n) is 5.16. The molecule has 0 aliphatic rings. The molecule has 0 saturated heterocycles. The normalized spacial score (nSPS) is 12.4. The van der Waals surface area contributed by atoms with E-state index in [2.05, 4.69) is 20.8 Å². The largest absolute Gasteiger partial charge is 0.367 e. The van der Waals surface area contributed by atoms with Gasteiger partial charge in [-0.3, -0.25) is 10.1 Å². The number of anilines is 1. The number of hydrogen-bond acceptors (Lipinski definition) is 4. The molecule has 2 radical (unpaired) electrons. The van der Waals surface area contributed by atoms with Gasteiger partial charge in [0.25, 0.3) is 0 Å². The molecule has 7 nitrogen and oxygen atoms in total. The molecule has 0 fully saturated rings. The molecule has 0 spiro atoms. The summed E-state index contributed by atoms with van der Waals surface area (Å²) in [6.07, 6.45) is 0. The first-order chi connectivity index (χ1) is 10.3. The van der Waals surface area contributed by atoms with Crippen LogP contribution >= 0.6 is 0 Å². The third-order valence-corrected chi connectivity index (χ3v) is 3.14. The molecule has 1 rings (SSSR count). The van der Waals surface area contributed by atoms with Crippen molar-refractivity contribution in [3.05, 3.63) is 29.3 Å². The molecule has 0 bridgehead atoms. The fraction of sp³-hybridized carbons (Fsp3) is 0.429. The SMILES string of the molecule is Cc1ccc(NC(=O)NC(C)C(=O)NC(C)[B]OO)cc1C.[Cu]. The van der Waals surface area contributed by atoms with Crippen LogP contribution in [0.5, 0.6) is 0 Å². The molecule has 4 N–H and O–H groups in total. The standard InChI is InChI=1S/C14H21BN3O4.Cu/c1-8-5-6-12(7-9(8)2)18-14(20)16-10(3)13(19)17-11(4)15-22-21;/h5-7,10-11,21H,1-4H3,(H,17,19)(H2,16,18,20);. The van der Waals surface area contributed by atoms with E-state index < -0.39 is 23.9 Å². The number of amides is 3. The Bertz CT molecular complexity index is 545. The van der Waals surface area contributed by atoms with Gasteiger partial charge in [-0.15, -0.1) is 0 Å². The molecule has 2 unspecified atom stereocenters. The summed E-state index contributed by atoms with van der Waals surface area (Å²) >= 11 is 0. The van der Waals surface area contributed by atoms with E-state index in [0.29, 0.717) is 5.69 Å². The van der Waals surface area contributed by atoms with Gasteiger partial charge < -0.3 is 20.8 Å². The van der Waals surface area contributed by atoms with Crippen molar-refractivity contribution in [2.75, 3.05) is 5.32 Å². The summed E-state index contributed by atoms with van der Waals surface area (Å²) in [6.45, 7) is 7.12. The number of rotatable bonds is 6. The fourth-order valence-electron chi connectivity index (χ4n) is 1.72. The molecule has 0 heterocycles. The van der Waals surface area contributed by atoms with E-state index in [1.807, 2.05) is 26.0 Å². The number of carbonyl (C=O) groups is 2. The van der Waals surface area contributed by atoms with E-state index in [4.69, 9.17) is 5.26 Å². The zero-order valence-corrected chi connectivity index (χ0v) is 14.4. The minimum Gasteiger partial charge on any atom is -0.357 e. The number of benzene rings is 1. The van der Waals surface area contributed by atoms with E-state index in [1.165, 1.54) is 0 Å². The summed E-state index contributed by atoms with van der Waals surface area (Å²) in [5.74, 6) is -0.874. The molecule has 0 aliphatic heterocycles. The van der Waals surface area contributed by atoms with Crippen LogP contribution in [-0.2, 0) is 26.7 Å². The Morgan fingerprint density at radius 2 is 1.83 bits per heavy atom. The Morgan fingerprint density at radius 1 is 1.17 bits per heavy atom. The van der Waals surface area contributed by atoms with Crippen LogP contribution in [0, 0.1) is 13.8 Å². The second kappa shape index (κ2) is 10.3. The minimum atomic E-state index is -0.735. The smallest absolute Gasteiger partial charge is 0.357 e. The van der Waals surface area contributed by atoms with E-state index in [9.17, 15) is 9.59 Å². The van der Waals surface area contributed by atoms with Gasteiger partial charge in [0.05, 0.1) is 0 Å². The molecular weight excluding hydrogens is 349 g/mol. The first kappa shape index (κ1) is 21.5. The first-order valence-electron chi connectivity index (χ1n) is 6.92. The Hall–Kier alpha value is -1.54. The second-order valence-corrected chi connectivity index (χ2v) is 5.16. The van der Waals surface area contributed by atoms with Gasteiger partial charge in [-0.1, -0.05) is 6.07 Å². The summed E-state index contributed by atoms with van der Waals surface area (Å²) in [5, 5.41) is 16.0. The summed E-state index contributed by atoms with van der Waals surface area (Å²) < 4.78 is 0. The zero-order chi connectivity index (χ0) is 16.7. The van der Waals surface area contributed by atoms with Gasteiger partial charge in [0, 0.05) is 28.7 Å². The first-order valence-corrected chi connectivity index (χ1v) is 6.92.